The molecule has 1 N–H and O–H groups in total. The van der Waals surface area contributed by atoms with E-state index in [-0.39, 0.29) is 36.9 Å². The van der Waals surface area contributed by atoms with Crippen LogP contribution in [0, 0.1) is 5.82 Å². The molecule has 2 aliphatic rings. The van der Waals surface area contributed by atoms with Crippen molar-refractivity contribution in [2.24, 2.45) is 0 Å². The van der Waals surface area contributed by atoms with Crippen molar-refractivity contribution in [2.45, 2.75) is 57.7 Å². The van der Waals surface area contributed by atoms with Crippen LogP contribution in [0.1, 0.15) is 49.8 Å². The molecule has 1 aliphatic carbocycles. The summed E-state index contributed by atoms with van der Waals surface area (Å²) in [5, 5.41) is 3.18. The van der Waals surface area contributed by atoms with Crippen LogP contribution in [0.2, 0.25) is 0 Å². The van der Waals surface area contributed by atoms with Crippen molar-refractivity contribution in [2.75, 3.05) is 45.9 Å². The minimum Gasteiger partial charge on any atom is -0.467 e. The Kier molecular flexibility index (Phi) is 10.4. The van der Waals surface area contributed by atoms with Crippen LogP contribution in [0.5, 0.6) is 0 Å². The number of nitrogens with zero attached hydrogens (tertiary/aromatic N) is 3. The molecule has 4 rings (SSSR count). The van der Waals surface area contributed by atoms with Gasteiger partial charge in [-0.3, -0.25) is 9.69 Å². The highest BCUT2D eigenvalue weighted by atomic mass is 19.1. The van der Waals surface area contributed by atoms with Gasteiger partial charge in [0.15, 0.2) is 0 Å². The molecule has 0 spiro atoms. The maximum absolute atomic E-state index is 13.6. The standard InChI is InChI=1S/C28H39FN4O4/c29-24-11-9-23(10-12-24)20-33(21-26-8-4-17-37-26)27(34)22-32(14-5-13-31-15-18-36-19-16-31)28(35)30-25-6-2-1-3-7-25/h4,8-12,17,25H,1-3,5-7,13-16,18-22H2,(H,30,35). The van der Waals surface area contributed by atoms with E-state index in [2.05, 4.69) is 10.2 Å². The van der Waals surface area contributed by atoms with E-state index in [1.165, 1.54) is 18.6 Å². The summed E-state index contributed by atoms with van der Waals surface area (Å²) in [6, 6.07) is 9.72. The molecule has 0 bridgehead atoms. The van der Waals surface area contributed by atoms with Gasteiger partial charge < -0.3 is 24.3 Å². The summed E-state index contributed by atoms with van der Waals surface area (Å²) in [6.45, 7) is 5.14. The van der Waals surface area contributed by atoms with E-state index >= 15 is 0 Å². The molecule has 2 aromatic rings. The maximum Gasteiger partial charge on any atom is 0.318 e. The van der Waals surface area contributed by atoms with Gasteiger partial charge in [-0.15, -0.1) is 0 Å². The van der Waals surface area contributed by atoms with Crippen molar-refractivity contribution < 1.29 is 23.1 Å². The quantitative estimate of drug-likeness (QED) is 0.490. The van der Waals surface area contributed by atoms with Crippen LogP contribution in [0.4, 0.5) is 9.18 Å². The lowest BCUT2D eigenvalue weighted by atomic mass is 9.96. The number of furan rings is 1. The Hall–Kier alpha value is -2.91. The highest BCUT2D eigenvalue weighted by molar-refractivity contribution is 5.84. The van der Waals surface area contributed by atoms with Crippen molar-refractivity contribution in [3.63, 3.8) is 0 Å². The average molecular weight is 515 g/mol. The normalized spacial score (nSPS) is 16.9. The summed E-state index contributed by atoms with van der Waals surface area (Å²) in [5.41, 5.74) is 0.812. The number of ether oxygens (including phenoxy) is 1. The number of morpholine rings is 1. The first kappa shape index (κ1) is 27.1. The lowest BCUT2D eigenvalue weighted by Gasteiger charge is -2.31. The van der Waals surface area contributed by atoms with Crippen molar-refractivity contribution >= 4 is 11.9 Å². The van der Waals surface area contributed by atoms with Gasteiger partial charge in [0.25, 0.3) is 0 Å². The highest BCUT2D eigenvalue weighted by Gasteiger charge is 2.25. The Labute approximate surface area is 218 Å². The second-order valence-corrected chi connectivity index (χ2v) is 9.97. The SMILES string of the molecule is O=C(CN(CCCN1CCOCC1)C(=O)NC1CCCCC1)N(Cc1ccc(F)cc1)Cc1ccco1. The van der Waals surface area contributed by atoms with Gasteiger partial charge in [-0.05, 0) is 49.1 Å². The van der Waals surface area contributed by atoms with Crippen LogP contribution in [-0.2, 0) is 22.6 Å². The molecular formula is C28H39FN4O4. The summed E-state index contributed by atoms with van der Waals surface area (Å²) in [7, 11) is 0. The van der Waals surface area contributed by atoms with Crippen LogP contribution in [0.3, 0.4) is 0 Å². The molecule has 2 heterocycles. The number of urea groups is 1. The van der Waals surface area contributed by atoms with E-state index in [0.717, 1.165) is 70.5 Å². The van der Waals surface area contributed by atoms with Crippen LogP contribution in [0.25, 0.3) is 0 Å². The second-order valence-electron chi connectivity index (χ2n) is 9.97. The highest BCUT2D eigenvalue weighted by Crippen LogP contribution is 2.18. The molecule has 0 unspecified atom stereocenters. The van der Waals surface area contributed by atoms with Gasteiger partial charge in [0.1, 0.15) is 18.1 Å². The fourth-order valence-electron chi connectivity index (χ4n) is 4.97. The molecule has 0 radical (unpaired) electrons. The summed E-state index contributed by atoms with van der Waals surface area (Å²) >= 11 is 0. The van der Waals surface area contributed by atoms with Gasteiger partial charge in [-0.25, -0.2) is 9.18 Å². The summed E-state index contributed by atoms with van der Waals surface area (Å²) in [4.78, 5) is 32.5. The number of carbonyl (C=O) groups is 2. The predicted octanol–water partition coefficient (Wildman–Crippen LogP) is 4.01. The molecule has 0 atom stereocenters. The number of benzene rings is 1. The van der Waals surface area contributed by atoms with E-state index in [4.69, 9.17) is 9.15 Å². The molecule has 1 saturated heterocycles. The molecule has 37 heavy (non-hydrogen) atoms. The van der Waals surface area contributed by atoms with Gasteiger partial charge in [0.2, 0.25) is 5.91 Å². The van der Waals surface area contributed by atoms with Gasteiger partial charge in [0.05, 0.1) is 26.0 Å². The Balaban J connectivity index is 1.42. The van der Waals surface area contributed by atoms with Gasteiger partial charge in [0, 0.05) is 38.8 Å². The number of amides is 3. The smallest absolute Gasteiger partial charge is 0.318 e. The molecule has 202 valence electrons. The second kappa shape index (κ2) is 14.1. The third kappa shape index (κ3) is 8.86. The molecule has 9 heteroatoms. The molecule has 3 amide bonds. The molecule has 8 nitrogen and oxygen atoms in total. The molecule has 1 saturated carbocycles. The molecule has 1 aromatic heterocycles. The summed E-state index contributed by atoms with van der Waals surface area (Å²) in [5.74, 6) is 0.158. The fourth-order valence-corrected chi connectivity index (χ4v) is 4.97. The number of hydrogen-bond donors (Lipinski definition) is 1. The summed E-state index contributed by atoms with van der Waals surface area (Å²) in [6.07, 6.45) is 7.77. The fraction of sp³-hybridized carbons (Fsp3) is 0.571. The monoisotopic (exact) mass is 514 g/mol. The zero-order valence-electron chi connectivity index (χ0n) is 21.6. The Bertz CT molecular complexity index is 957. The first-order valence-electron chi connectivity index (χ1n) is 13.5. The number of halogens is 1. The van der Waals surface area contributed by atoms with Crippen molar-refractivity contribution in [1.29, 1.82) is 0 Å². The Morgan fingerprint density at radius 2 is 1.76 bits per heavy atom. The van der Waals surface area contributed by atoms with E-state index in [1.54, 1.807) is 34.3 Å². The minimum absolute atomic E-state index is 0.0242. The molecular weight excluding hydrogens is 475 g/mol. The van der Waals surface area contributed by atoms with Gasteiger partial charge in [-0.2, -0.15) is 0 Å². The lowest BCUT2D eigenvalue weighted by molar-refractivity contribution is -0.133. The van der Waals surface area contributed by atoms with E-state index in [0.29, 0.717) is 18.8 Å². The van der Waals surface area contributed by atoms with Crippen LogP contribution in [0.15, 0.2) is 47.1 Å². The van der Waals surface area contributed by atoms with Gasteiger partial charge >= 0.3 is 6.03 Å². The van der Waals surface area contributed by atoms with E-state index < -0.39 is 0 Å². The van der Waals surface area contributed by atoms with Crippen LogP contribution < -0.4 is 5.32 Å². The zero-order valence-corrected chi connectivity index (χ0v) is 21.6. The number of nitrogens with one attached hydrogen (secondary N) is 1. The Morgan fingerprint density at radius 1 is 1.00 bits per heavy atom. The number of hydrogen-bond acceptors (Lipinski definition) is 5. The van der Waals surface area contributed by atoms with Crippen molar-refractivity contribution in [3.8, 4) is 0 Å². The predicted molar refractivity (Wildman–Crippen MR) is 138 cm³/mol. The first-order chi connectivity index (χ1) is 18.1. The van der Waals surface area contributed by atoms with Crippen LogP contribution >= 0.6 is 0 Å². The zero-order chi connectivity index (χ0) is 25.9. The number of rotatable bonds is 11. The lowest BCUT2D eigenvalue weighted by Crippen LogP contribution is -2.50. The van der Waals surface area contributed by atoms with E-state index in [9.17, 15) is 14.0 Å². The topological polar surface area (TPSA) is 78.3 Å². The summed E-state index contributed by atoms with van der Waals surface area (Å²) < 4.78 is 24.4. The third-order valence-electron chi connectivity index (χ3n) is 7.12. The van der Waals surface area contributed by atoms with Crippen LogP contribution in [-0.4, -0.2) is 78.6 Å². The van der Waals surface area contributed by atoms with Crippen molar-refractivity contribution in [1.82, 2.24) is 20.0 Å². The van der Waals surface area contributed by atoms with Crippen molar-refractivity contribution in [3.05, 3.63) is 59.8 Å². The minimum atomic E-state index is -0.321. The average Bonchev–Trinajstić information content (AvgIpc) is 3.43. The third-order valence-corrected chi connectivity index (χ3v) is 7.12. The van der Waals surface area contributed by atoms with Gasteiger partial charge in [-0.1, -0.05) is 31.4 Å². The largest absolute Gasteiger partial charge is 0.467 e. The van der Waals surface area contributed by atoms with E-state index in [1.807, 2.05) is 6.07 Å². The Morgan fingerprint density at radius 3 is 2.46 bits per heavy atom. The number of carbonyl (C=O) groups excluding carboxylic acids is 2. The molecule has 2 fully saturated rings. The molecule has 1 aliphatic heterocycles. The first-order valence-corrected chi connectivity index (χ1v) is 13.5. The maximum atomic E-state index is 13.6. The molecule has 1 aromatic carbocycles.